The number of hydrogen-bond donors (Lipinski definition) is 2. The number of benzene rings is 1. The highest BCUT2D eigenvalue weighted by molar-refractivity contribution is 7.80. The highest BCUT2D eigenvalue weighted by Crippen LogP contribution is 2.25. The first-order valence-corrected chi connectivity index (χ1v) is 5.77. The van der Waals surface area contributed by atoms with E-state index in [2.05, 4.69) is 4.98 Å². The number of anilines is 2. The van der Waals surface area contributed by atoms with E-state index < -0.39 is 0 Å². The number of hydrogen-bond acceptors (Lipinski definition) is 4. The molecule has 0 radical (unpaired) electrons. The van der Waals surface area contributed by atoms with Crippen LogP contribution in [-0.4, -0.2) is 22.1 Å². The smallest absolute Gasteiger partial charge is 0.122 e. The minimum atomic E-state index is 0.229. The molecule has 1 heterocycles. The molecule has 92 valence electrons. The number of pyridine rings is 1. The predicted molar refractivity (Wildman–Crippen MR) is 76.3 cm³/mol. The molecule has 0 amide bonds. The Balaban J connectivity index is 2.28. The van der Waals surface area contributed by atoms with Crippen molar-refractivity contribution >= 4 is 28.6 Å². The molecular weight excluding hydrogens is 246 g/mol. The summed E-state index contributed by atoms with van der Waals surface area (Å²) in [7, 11) is 1.90. The minimum Gasteiger partial charge on any atom is -0.508 e. The van der Waals surface area contributed by atoms with Crippen LogP contribution in [-0.2, 0) is 0 Å². The van der Waals surface area contributed by atoms with Crippen LogP contribution in [0.5, 0.6) is 5.75 Å². The molecule has 0 unspecified atom stereocenters. The Labute approximate surface area is 111 Å². The van der Waals surface area contributed by atoms with E-state index in [1.165, 1.54) is 0 Å². The van der Waals surface area contributed by atoms with Gasteiger partial charge in [-0.1, -0.05) is 18.3 Å². The van der Waals surface area contributed by atoms with Crippen LogP contribution < -0.4 is 10.6 Å². The van der Waals surface area contributed by atoms with Crippen LogP contribution in [0, 0.1) is 0 Å². The molecule has 0 saturated heterocycles. The lowest BCUT2D eigenvalue weighted by Gasteiger charge is -2.19. The van der Waals surface area contributed by atoms with Crippen molar-refractivity contribution in [2.45, 2.75) is 0 Å². The third kappa shape index (κ3) is 2.57. The second-order valence-corrected chi connectivity index (χ2v) is 4.28. The average Bonchev–Trinajstić information content (AvgIpc) is 2.38. The quantitative estimate of drug-likeness (QED) is 0.827. The van der Waals surface area contributed by atoms with Crippen LogP contribution in [0.2, 0.25) is 0 Å². The summed E-state index contributed by atoms with van der Waals surface area (Å²) < 4.78 is 0. The van der Waals surface area contributed by atoms with Gasteiger partial charge in [0.15, 0.2) is 0 Å². The first-order valence-electron chi connectivity index (χ1n) is 5.36. The second kappa shape index (κ2) is 5.01. The van der Waals surface area contributed by atoms with Gasteiger partial charge >= 0.3 is 0 Å². The van der Waals surface area contributed by atoms with Crippen molar-refractivity contribution < 1.29 is 5.11 Å². The molecule has 0 spiro atoms. The van der Waals surface area contributed by atoms with Crippen LogP contribution in [0.25, 0.3) is 0 Å². The molecule has 1 aromatic carbocycles. The van der Waals surface area contributed by atoms with Crippen molar-refractivity contribution in [3.05, 3.63) is 48.3 Å². The van der Waals surface area contributed by atoms with Gasteiger partial charge in [0.05, 0.1) is 17.6 Å². The van der Waals surface area contributed by atoms with E-state index in [-0.39, 0.29) is 10.7 Å². The van der Waals surface area contributed by atoms with Crippen molar-refractivity contribution in [3.63, 3.8) is 0 Å². The molecule has 0 aliphatic carbocycles. The number of nitrogens with two attached hydrogens (primary N) is 1. The number of nitrogens with zero attached hydrogens (tertiary/aromatic N) is 2. The van der Waals surface area contributed by atoms with Gasteiger partial charge in [0.25, 0.3) is 0 Å². The number of aromatic nitrogens is 1. The van der Waals surface area contributed by atoms with Crippen LogP contribution >= 0.6 is 12.2 Å². The molecule has 1 aromatic heterocycles. The van der Waals surface area contributed by atoms with E-state index in [1.54, 1.807) is 30.5 Å². The van der Waals surface area contributed by atoms with Gasteiger partial charge in [-0.3, -0.25) is 4.98 Å². The third-order valence-electron chi connectivity index (χ3n) is 2.60. The Morgan fingerprint density at radius 2 is 2.06 bits per heavy atom. The first-order chi connectivity index (χ1) is 8.58. The van der Waals surface area contributed by atoms with Gasteiger partial charge in [-0.2, -0.15) is 0 Å². The number of phenolic OH excluding ortho intramolecular Hbond substituents is 1. The first kappa shape index (κ1) is 12.3. The molecular formula is C13H13N3OS. The van der Waals surface area contributed by atoms with E-state index in [1.807, 2.05) is 24.1 Å². The summed E-state index contributed by atoms with van der Waals surface area (Å²) in [6.45, 7) is 0. The van der Waals surface area contributed by atoms with Gasteiger partial charge in [0.2, 0.25) is 0 Å². The zero-order valence-electron chi connectivity index (χ0n) is 9.87. The van der Waals surface area contributed by atoms with E-state index >= 15 is 0 Å². The fourth-order valence-corrected chi connectivity index (χ4v) is 1.70. The second-order valence-electron chi connectivity index (χ2n) is 3.84. The van der Waals surface area contributed by atoms with Crippen LogP contribution in [0.4, 0.5) is 11.4 Å². The highest BCUT2D eigenvalue weighted by atomic mass is 32.1. The van der Waals surface area contributed by atoms with Gasteiger partial charge in [-0.25, -0.2) is 0 Å². The fourth-order valence-electron chi connectivity index (χ4n) is 1.58. The lowest BCUT2D eigenvalue weighted by atomic mass is 10.2. The van der Waals surface area contributed by atoms with Crippen molar-refractivity contribution in [2.75, 3.05) is 11.9 Å². The Kier molecular flexibility index (Phi) is 3.43. The largest absolute Gasteiger partial charge is 0.508 e. The normalized spacial score (nSPS) is 10.1. The Hall–Kier alpha value is -2.14. The zero-order chi connectivity index (χ0) is 13.1. The summed E-state index contributed by atoms with van der Waals surface area (Å²) in [6, 6.07) is 10.7. The topological polar surface area (TPSA) is 62.4 Å². The third-order valence-corrected chi connectivity index (χ3v) is 2.81. The van der Waals surface area contributed by atoms with Crippen LogP contribution in [0.1, 0.15) is 5.69 Å². The summed E-state index contributed by atoms with van der Waals surface area (Å²) in [5.74, 6) is 0.229. The predicted octanol–water partition coefficient (Wildman–Crippen LogP) is 2.19. The Bertz CT molecular complexity index is 569. The van der Waals surface area contributed by atoms with E-state index in [0.29, 0.717) is 5.69 Å². The van der Waals surface area contributed by atoms with Crippen molar-refractivity contribution in [1.82, 2.24) is 4.98 Å². The molecule has 2 rings (SSSR count). The Morgan fingerprint density at radius 3 is 2.61 bits per heavy atom. The van der Waals surface area contributed by atoms with Crippen molar-refractivity contribution in [1.29, 1.82) is 0 Å². The number of aromatic hydroxyl groups is 1. The van der Waals surface area contributed by atoms with Gasteiger partial charge in [0.1, 0.15) is 10.7 Å². The summed E-state index contributed by atoms with van der Waals surface area (Å²) in [6.07, 6.45) is 1.69. The molecule has 2 aromatic rings. The van der Waals surface area contributed by atoms with Gasteiger partial charge in [-0.05, 0) is 24.3 Å². The van der Waals surface area contributed by atoms with Crippen LogP contribution in [0.15, 0.2) is 42.6 Å². The molecule has 0 atom stereocenters. The maximum Gasteiger partial charge on any atom is 0.122 e. The van der Waals surface area contributed by atoms with Gasteiger partial charge < -0.3 is 15.7 Å². The highest BCUT2D eigenvalue weighted by Gasteiger charge is 2.06. The summed E-state index contributed by atoms with van der Waals surface area (Å²) >= 11 is 4.85. The molecule has 0 aliphatic rings. The molecule has 0 fully saturated rings. The van der Waals surface area contributed by atoms with Crippen molar-refractivity contribution in [2.24, 2.45) is 5.73 Å². The molecule has 5 heteroatoms. The zero-order valence-corrected chi connectivity index (χ0v) is 10.7. The molecule has 18 heavy (non-hydrogen) atoms. The molecule has 0 aliphatic heterocycles. The molecule has 0 saturated carbocycles. The minimum absolute atomic E-state index is 0.229. The van der Waals surface area contributed by atoms with E-state index in [4.69, 9.17) is 18.0 Å². The van der Waals surface area contributed by atoms with Gasteiger partial charge in [0, 0.05) is 18.8 Å². The standard InChI is InChI=1S/C13H13N3OS/c1-16(9-3-2-4-11(17)7-9)10-5-6-12(13(14)18)15-8-10/h2-8,17H,1H3,(H2,14,18). The van der Waals surface area contributed by atoms with E-state index in [9.17, 15) is 5.11 Å². The average molecular weight is 259 g/mol. The Morgan fingerprint density at radius 1 is 1.28 bits per heavy atom. The summed E-state index contributed by atoms with van der Waals surface area (Å²) in [4.78, 5) is 6.37. The lowest BCUT2D eigenvalue weighted by Crippen LogP contribution is -2.13. The number of rotatable bonds is 3. The van der Waals surface area contributed by atoms with Crippen LogP contribution in [0.3, 0.4) is 0 Å². The van der Waals surface area contributed by atoms with Crippen molar-refractivity contribution in [3.8, 4) is 5.75 Å². The summed E-state index contributed by atoms with van der Waals surface area (Å²) in [5, 5.41) is 9.45. The molecule has 0 bridgehead atoms. The summed E-state index contributed by atoms with van der Waals surface area (Å²) in [5.41, 5.74) is 7.85. The van der Waals surface area contributed by atoms with Gasteiger partial charge in [-0.15, -0.1) is 0 Å². The maximum absolute atomic E-state index is 9.45. The monoisotopic (exact) mass is 259 g/mol. The van der Waals surface area contributed by atoms with E-state index in [0.717, 1.165) is 11.4 Å². The number of phenols is 1. The SMILES string of the molecule is CN(c1ccc(C(N)=S)nc1)c1cccc(O)c1. The molecule has 4 nitrogen and oxygen atoms in total. The maximum atomic E-state index is 9.45. The fraction of sp³-hybridized carbons (Fsp3) is 0.0769. The lowest BCUT2D eigenvalue weighted by molar-refractivity contribution is 0.475. The molecule has 3 N–H and O–H groups in total. The number of thiocarbonyl (C=S) groups is 1.